The number of rotatable bonds is 1. The second kappa shape index (κ2) is 4.09. The number of anilines is 1. The molecule has 0 fully saturated rings. The van der Waals surface area contributed by atoms with E-state index in [-0.39, 0.29) is 9.13 Å². The Morgan fingerprint density at radius 2 is 2.13 bits per heavy atom. The Labute approximate surface area is 96.0 Å². The summed E-state index contributed by atoms with van der Waals surface area (Å²) in [5.74, 6) is -1.22. The standard InChI is InChI=1S/C7H3F3IN3O/c8-7(9,10)15-5-3(1-12)4(11)2-14-6(5)13/h2H,(H2,13,14). The summed E-state index contributed by atoms with van der Waals surface area (Å²) in [5, 5.41) is 8.64. The highest BCUT2D eigenvalue weighted by atomic mass is 127. The summed E-state index contributed by atoms with van der Waals surface area (Å²) < 4.78 is 39.7. The van der Waals surface area contributed by atoms with Crippen LogP contribution >= 0.6 is 22.6 Å². The highest BCUT2D eigenvalue weighted by Gasteiger charge is 2.34. The maximum Gasteiger partial charge on any atom is 0.573 e. The van der Waals surface area contributed by atoms with E-state index in [2.05, 4.69) is 9.72 Å². The third-order valence-corrected chi connectivity index (χ3v) is 2.16. The predicted octanol–water partition coefficient (Wildman–Crippen LogP) is 2.04. The molecule has 0 aliphatic rings. The first kappa shape index (κ1) is 11.8. The first-order chi connectivity index (χ1) is 6.85. The molecule has 0 spiro atoms. The summed E-state index contributed by atoms with van der Waals surface area (Å²) in [5.41, 5.74) is 4.91. The van der Waals surface area contributed by atoms with Crippen LogP contribution in [0.15, 0.2) is 6.20 Å². The average Bonchev–Trinajstić information content (AvgIpc) is 2.10. The molecule has 0 radical (unpaired) electrons. The van der Waals surface area contributed by atoms with Crippen molar-refractivity contribution < 1.29 is 17.9 Å². The van der Waals surface area contributed by atoms with Crippen LogP contribution in [0.4, 0.5) is 19.0 Å². The molecule has 0 aliphatic heterocycles. The smallest absolute Gasteiger partial charge is 0.400 e. The molecule has 0 saturated carbocycles. The van der Waals surface area contributed by atoms with Crippen LogP contribution in [0.3, 0.4) is 0 Å². The summed E-state index contributed by atoms with van der Waals surface area (Å²) in [6.07, 6.45) is -3.70. The maximum atomic E-state index is 12.0. The number of nitriles is 1. The average molecular weight is 329 g/mol. The van der Waals surface area contributed by atoms with Crippen molar-refractivity contribution >= 4 is 28.4 Å². The second-order valence-corrected chi connectivity index (χ2v) is 3.52. The Morgan fingerprint density at radius 1 is 1.53 bits per heavy atom. The molecular weight excluding hydrogens is 326 g/mol. The fourth-order valence-electron chi connectivity index (χ4n) is 0.809. The quantitative estimate of drug-likeness (QED) is 0.801. The van der Waals surface area contributed by atoms with E-state index >= 15 is 0 Å². The van der Waals surface area contributed by atoms with Gasteiger partial charge in [0.25, 0.3) is 0 Å². The first-order valence-electron chi connectivity index (χ1n) is 3.45. The molecule has 80 valence electrons. The maximum absolute atomic E-state index is 12.0. The van der Waals surface area contributed by atoms with Gasteiger partial charge in [0.15, 0.2) is 11.6 Å². The van der Waals surface area contributed by atoms with Crippen molar-refractivity contribution in [2.45, 2.75) is 6.36 Å². The van der Waals surface area contributed by atoms with Gasteiger partial charge in [-0.1, -0.05) is 0 Å². The van der Waals surface area contributed by atoms with Crippen molar-refractivity contribution in [2.75, 3.05) is 5.73 Å². The molecule has 1 aromatic rings. The number of ether oxygens (including phenoxy) is 1. The molecule has 0 aliphatic carbocycles. The molecule has 0 atom stereocenters. The van der Waals surface area contributed by atoms with Gasteiger partial charge < -0.3 is 10.5 Å². The molecule has 1 aromatic heterocycles. The van der Waals surface area contributed by atoms with Crippen LogP contribution in [-0.2, 0) is 0 Å². The molecule has 15 heavy (non-hydrogen) atoms. The molecule has 1 rings (SSSR count). The fraction of sp³-hybridized carbons (Fsp3) is 0.143. The minimum absolute atomic E-state index is 0.239. The Hall–Kier alpha value is -1.24. The Bertz CT molecular complexity index is 427. The number of pyridine rings is 1. The zero-order valence-corrected chi connectivity index (χ0v) is 9.13. The van der Waals surface area contributed by atoms with Gasteiger partial charge in [-0.05, 0) is 22.6 Å². The van der Waals surface area contributed by atoms with Gasteiger partial charge in [0.1, 0.15) is 11.6 Å². The number of halogens is 4. The summed E-state index contributed by atoms with van der Waals surface area (Å²) in [7, 11) is 0. The monoisotopic (exact) mass is 329 g/mol. The number of alkyl halides is 3. The van der Waals surface area contributed by atoms with Gasteiger partial charge >= 0.3 is 6.36 Å². The normalized spacial score (nSPS) is 10.9. The van der Waals surface area contributed by atoms with Gasteiger partial charge in [-0.15, -0.1) is 13.2 Å². The highest BCUT2D eigenvalue weighted by molar-refractivity contribution is 14.1. The minimum atomic E-state index is -4.90. The molecule has 0 aromatic carbocycles. The van der Waals surface area contributed by atoms with Gasteiger partial charge in [-0.3, -0.25) is 0 Å². The molecule has 0 amide bonds. The zero-order valence-electron chi connectivity index (χ0n) is 6.97. The van der Waals surface area contributed by atoms with E-state index in [1.54, 1.807) is 28.7 Å². The summed E-state index contributed by atoms with van der Waals surface area (Å²) in [6, 6.07) is 1.57. The fourth-order valence-corrected chi connectivity index (χ4v) is 1.31. The van der Waals surface area contributed by atoms with Gasteiger partial charge in [-0.25, -0.2) is 4.98 Å². The molecule has 0 saturated heterocycles. The molecule has 0 unspecified atom stereocenters. The van der Waals surface area contributed by atoms with E-state index in [9.17, 15) is 13.2 Å². The lowest BCUT2D eigenvalue weighted by atomic mass is 10.2. The van der Waals surface area contributed by atoms with Crippen LogP contribution in [0.1, 0.15) is 5.56 Å². The number of hydrogen-bond acceptors (Lipinski definition) is 4. The second-order valence-electron chi connectivity index (χ2n) is 2.36. The zero-order chi connectivity index (χ0) is 11.6. The molecule has 4 nitrogen and oxygen atoms in total. The Morgan fingerprint density at radius 3 is 2.60 bits per heavy atom. The molecule has 2 N–H and O–H groups in total. The summed E-state index contributed by atoms with van der Waals surface area (Å²) >= 11 is 1.67. The van der Waals surface area contributed by atoms with E-state index in [0.717, 1.165) is 0 Å². The van der Waals surface area contributed by atoms with Crippen molar-refractivity contribution in [3.8, 4) is 11.8 Å². The first-order valence-corrected chi connectivity index (χ1v) is 4.53. The van der Waals surface area contributed by atoms with E-state index in [0.29, 0.717) is 0 Å². The van der Waals surface area contributed by atoms with Crippen molar-refractivity contribution in [3.63, 3.8) is 0 Å². The van der Waals surface area contributed by atoms with Crippen LogP contribution in [-0.4, -0.2) is 11.3 Å². The Kier molecular flexibility index (Phi) is 3.23. The SMILES string of the molecule is N#Cc1c(I)cnc(N)c1OC(F)(F)F. The predicted molar refractivity (Wildman–Crippen MR) is 52.8 cm³/mol. The number of nitrogen functional groups attached to an aromatic ring is 1. The van der Waals surface area contributed by atoms with E-state index in [1.807, 2.05) is 0 Å². The number of nitrogens with zero attached hydrogens (tertiary/aromatic N) is 2. The molecule has 0 bridgehead atoms. The number of nitrogens with two attached hydrogens (primary N) is 1. The van der Waals surface area contributed by atoms with Crippen LogP contribution in [0.2, 0.25) is 0 Å². The molecular formula is C7H3F3IN3O. The van der Waals surface area contributed by atoms with Gasteiger partial charge in [0, 0.05) is 6.20 Å². The van der Waals surface area contributed by atoms with Crippen molar-refractivity contribution in [1.82, 2.24) is 4.98 Å². The largest absolute Gasteiger partial charge is 0.573 e. The summed E-state index contributed by atoms with van der Waals surface area (Å²) in [4.78, 5) is 3.47. The van der Waals surface area contributed by atoms with Gasteiger partial charge in [-0.2, -0.15) is 5.26 Å². The van der Waals surface area contributed by atoms with Crippen LogP contribution in [0.25, 0.3) is 0 Å². The van der Waals surface area contributed by atoms with Crippen LogP contribution < -0.4 is 10.5 Å². The van der Waals surface area contributed by atoms with Gasteiger partial charge in [0.2, 0.25) is 0 Å². The third kappa shape index (κ3) is 2.85. The van der Waals surface area contributed by atoms with Crippen molar-refractivity contribution in [3.05, 3.63) is 15.3 Å². The highest BCUT2D eigenvalue weighted by Crippen LogP contribution is 2.32. The minimum Gasteiger partial charge on any atom is -0.400 e. The number of aromatic nitrogens is 1. The number of hydrogen-bond donors (Lipinski definition) is 1. The van der Waals surface area contributed by atoms with Crippen molar-refractivity contribution in [1.29, 1.82) is 5.26 Å². The van der Waals surface area contributed by atoms with E-state index in [4.69, 9.17) is 11.0 Å². The lowest BCUT2D eigenvalue weighted by molar-refractivity contribution is -0.274. The topological polar surface area (TPSA) is 71.9 Å². The third-order valence-electron chi connectivity index (χ3n) is 1.35. The lowest BCUT2D eigenvalue weighted by Crippen LogP contribution is -2.19. The van der Waals surface area contributed by atoms with Crippen LogP contribution in [0.5, 0.6) is 5.75 Å². The Balaban J connectivity index is 3.28. The van der Waals surface area contributed by atoms with E-state index in [1.165, 1.54) is 6.20 Å². The molecule has 1 heterocycles. The van der Waals surface area contributed by atoms with Crippen LogP contribution in [0, 0.1) is 14.9 Å². The molecule has 8 heteroatoms. The van der Waals surface area contributed by atoms with Crippen molar-refractivity contribution in [2.24, 2.45) is 0 Å². The van der Waals surface area contributed by atoms with Gasteiger partial charge in [0.05, 0.1) is 3.57 Å². The van der Waals surface area contributed by atoms with E-state index < -0.39 is 17.9 Å². The lowest BCUT2D eigenvalue weighted by Gasteiger charge is -2.12. The summed E-state index contributed by atoms with van der Waals surface area (Å²) in [6.45, 7) is 0.